The van der Waals surface area contributed by atoms with Crippen molar-refractivity contribution in [3.05, 3.63) is 24.3 Å². The van der Waals surface area contributed by atoms with Crippen molar-refractivity contribution in [1.82, 2.24) is 4.90 Å². The summed E-state index contributed by atoms with van der Waals surface area (Å²) in [6.07, 6.45) is 35.1. The Bertz CT molecular complexity index is 719. The van der Waals surface area contributed by atoms with E-state index in [1.165, 1.54) is 103 Å². The van der Waals surface area contributed by atoms with Crippen LogP contribution in [0.15, 0.2) is 24.3 Å². The van der Waals surface area contributed by atoms with E-state index in [4.69, 9.17) is 4.74 Å². The minimum absolute atomic E-state index is 0.0850. The normalized spacial score (nSPS) is 18.6. The van der Waals surface area contributed by atoms with Gasteiger partial charge in [-0.3, -0.25) is 9.59 Å². The van der Waals surface area contributed by atoms with Gasteiger partial charge in [-0.15, -0.1) is 0 Å². The number of allylic oxidation sites excluding steroid dienone is 3. The summed E-state index contributed by atoms with van der Waals surface area (Å²) in [7, 11) is 2.21. The number of carboxylic acid groups (broad SMARTS) is 1. The molecular formula is C37H67NO4. The number of aliphatic carboxylic acids is 1. The third kappa shape index (κ3) is 20.3. The monoisotopic (exact) mass is 590 g/mol. The zero-order valence-corrected chi connectivity index (χ0v) is 27.8. The topological polar surface area (TPSA) is 66.8 Å². The van der Waals surface area contributed by atoms with Crippen molar-refractivity contribution in [2.45, 2.75) is 168 Å². The highest BCUT2D eigenvalue weighted by Gasteiger charge is 2.34. The zero-order chi connectivity index (χ0) is 30.7. The van der Waals surface area contributed by atoms with Crippen LogP contribution >= 0.6 is 0 Å². The van der Waals surface area contributed by atoms with Gasteiger partial charge in [0, 0.05) is 12.5 Å². The number of unbranched alkanes of at least 4 members (excludes halogenated alkanes) is 14. The summed E-state index contributed by atoms with van der Waals surface area (Å²) in [4.78, 5) is 26.2. The van der Waals surface area contributed by atoms with Gasteiger partial charge in [0.1, 0.15) is 6.61 Å². The van der Waals surface area contributed by atoms with Crippen LogP contribution in [0.4, 0.5) is 0 Å². The van der Waals surface area contributed by atoms with E-state index in [9.17, 15) is 14.7 Å². The van der Waals surface area contributed by atoms with Crippen molar-refractivity contribution >= 4 is 11.9 Å². The maximum Gasteiger partial charge on any atom is 0.306 e. The first kappa shape index (κ1) is 38.4. The lowest BCUT2D eigenvalue weighted by molar-refractivity contribution is -0.144. The second-order valence-corrected chi connectivity index (χ2v) is 12.8. The first-order chi connectivity index (χ1) is 20.5. The molecule has 1 aliphatic rings. The zero-order valence-electron chi connectivity index (χ0n) is 27.8. The summed E-state index contributed by atoms with van der Waals surface area (Å²) in [5.74, 6) is -0.256. The fourth-order valence-corrected chi connectivity index (χ4v) is 6.34. The predicted molar refractivity (Wildman–Crippen MR) is 178 cm³/mol. The molecule has 0 amide bonds. The van der Waals surface area contributed by atoms with Crippen LogP contribution in [-0.4, -0.2) is 48.2 Å². The van der Waals surface area contributed by atoms with Crippen molar-refractivity contribution in [2.24, 2.45) is 11.8 Å². The Balaban J connectivity index is 2.24. The number of esters is 1. The highest BCUT2D eigenvalue weighted by molar-refractivity contribution is 5.70. The van der Waals surface area contributed by atoms with E-state index in [1.807, 2.05) is 6.08 Å². The average molecular weight is 590 g/mol. The SMILES string of the molecule is CCCC/C=C\C/C=C\COC(=O)CCCCCCCCC(CCCCCCCCCC)C1CC(C(=O)O)CCN1C. The maximum absolute atomic E-state index is 12.0. The van der Waals surface area contributed by atoms with Gasteiger partial charge in [-0.05, 0) is 64.5 Å². The number of nitrogens with zero attached hydrogens (tertiary/aromatic N) is 1. The second kappa shape index (κ2) is 27.0. The molecule has 0 bridgehead atoms. The molecule has 5 heteroatoms. The number of carbonyl (C=O) groups excluding carboxylic acids is 1. The fourth-order valence-electron chi connectivity index (χ4n) is 6.34. The molecular weight excluding hydrogens is 522 g/mol. The Kier molecular flexibility index (Phi) is 24.7. The number of likely N-dealkylation sites (tertiary alicyclic amines) is 1. The summed E-state index contributed by atoms with van der Waals surface area (Å²) >= 11 is 0. The molecule has 0 spiro atoms. The molecule has 42 heavy (non-hydrogen) atoms. The Morgan fingerprint density at radius 1 is 0.786 bits per heavy atom. The number of rotatable bonds is 27. The summed E-state index contributed by atoms with van der Waals surface area (Å²) in [6, 6.07) is 0.410. The first-order valence-electron chi connectivity index (χ1n) is 17.9. The molecule has 244 valence electrons. The predicted octanol–water partition coefficient (Wildman–Crippen LogP) is 10.3. The third-order valence-corrected chi connectivity index (χ3v) is 9.12. The van der Waals surface area contributed by atoms with Gasteiger partial charge in [-0.2, -0.15) is 0 Å². The largest absolute Gasteiger partial charge is 0.481 e. The smallest absolute Gasteiger partial charge is 0.306 e. The van der Waals surface area contributed by atoms with E-state index in [1.54, 1.807) is 0 Å². The molecule has 0 aliphatic carbocycles. The standard InChI is InChI=1S/C37H67NO4/c1-4-6-8-10-12-14-18-22-26-33(35-32-34(37(40)41)29-30-38(35)3)27-23-19-15-16-20-24-28-36(39)42-31-25-21-17-13-11-9-7-5-2/h11,13,21,25,33-35H,4-10,12,14-20,22-24,26-32H2,1-3H3,(H,40,41)/b13-11-,25-21-. The molecule has 1 aliphatic heterocycles. The second-order valence-electron chi connectivity index (χ2n) is 12.8. The van der Waals surface area contributed by atoms with Gasteiger partial charge in [0.2, 0.25) is 0 Å². The van der Waals surface area contributed by atoms with Gasteiger partial charge in [-0.25, -0.2) is 0 Å². The van der Waals surface area contributed by atoms with Crippen LogP contribution in [0.1, 0.15) is 162 Å². The number of hydrogen-bond acceptors (Lipinski definition) is 4. The number of hydrogen-bond donors (Lipinski definition) is 1. The van der Waals surface area contributed by atoms with Crippen LogP contribution in [0.3, 0.4) is 0 Å². The summed E-state index contributed by atoms with van der Waals surface area (Å²) in [5, 5.41) is 9.66. The Hall–Kier alpha value is -1.62. The Morgan fingerprint density at radius 2 is 1.36 bits per heavy atom. The van der Waals surface area contributed by atoms with Crippen LogP contribution in [0, 0.1) is 11.8 Å². The summed E-state index contributed by atoms with van der Waals surface area (Å²) in [6.45, 7) is 5.76. The van der Waals surface area contributed by atoms with Crippen molar-refractivity contribution < 1.29 is 19.4 Å². The fraction of sp³-hybridized carbons (Fsp3) is 0.838. The van der Waals surface area contributed by atoms with Crippen molar-refractivity contribution in [3.8, 4) is 0 Å². The lowest BCUT2D eigenvalue weighted by atomic mass is 9.79. The molecule has 3 atom stereocenters. The molecule has 1 heterocycles. The van der Waals surface area contributed by atoms with Gasteiger partial charge in [0.05, 0.1) is 5.92 Å². The molecule has 1 saturated heterocycles. The number of ether oxygens (including phenoxy) is 1. The molecule has 0 radical (unpaired) electrons. The summed E-state index contributed by atoms with van der Waals surface area (Å²) in [5.41, 5.74) is 0. The minimum atomic E-state index is -0.607. The maximum atomic E-state index is 12.0. The van der Waals surface area contributed by atoms with Crippen LogP contribution in [0.2, 0.25) is 0 Å². The molecule has 5 nitrogen and oxygen atoms in total. The molecule has 1 rings (SSSR count). The van der Waals surface area contributed by atoms with Crippen molar-refractivity contribution in [1.29, 1.82) is 0 Å². The van der Waals surface area contributed by atoms with Crippen molar-refractivity contribution in [3.63, 3.8) is 0 Å². The van der Waals surface area contributed by atoms with E-state index < -0.39 is 5.97 Å². The van der Waals surface area contributed by atoms with E-state index >= 15 is 0 Å². The molecule has 1 fully saturated rings. The highest BCUT2D eigenvalue weighted by Crippen LogP contribution is 2.33. The number of carbonyl (C=O) groups is 2. The van der Waals surface area contributed by atoms with E-state index in [-0.39, 0.29) is 11.9 Å². The van der Waals surface area contributed by atoms with Gasteiger partial charge >= 0.3 is 11.9 Å². The van der Waals surface area contributed by atoms with Gasteiger partial charge in [0.25, 0.3) is 0 Å². The number of piperidine rings is 1. The molecule has 3 unspecified atom stereocenters. The van der Waals surface area contributed by atoms with Gasteiger partial charge < -0.3 is 14.7 Å². The van der Waals surface area contributed by atoms with Crippen LogP contribution < -0.4 is 0 Å². The third-order valence-electron chi connectivity index (χ3n) is 9.12. The Morgan fingerprint density at radius 3 is 1.98 bits per heavy atom. The minimum Gasteiger partial charge on any atom is -0.481 e. The van der Waals surface area contributed by atoms with Crippen LogP contribution in [0.5, 0.6) is 0 Å². The summed E-state index contributed by atoms with van der Waals surface area (Å²) < 4.78 is 5.33. The molecule has 1 N–H and O–H groups in total. The molecule has 0 aromatic carbocycles. The van der Waals surface area contributed by atoms with Gasteiger partial charge in [-0.1, -0.05) is 134 Å². The molecule has 0 saturated carbocycles. The average Bonchev–Trinajstić information content (AvgIpc) is 2.98. The lowest BCUT2D eigenvalue weighted by Gasteiger charge is -2.40. The highest BCUT2D eigenvalue weighted by atomic mass is 16.5. The number of carboxylic acids is 1. The van der Waals surface area contributed by atoms with E-state index in [0.29, 0.717) is 25.0 Å². The van der Waals surface area contributed by atoms with E-state index in [2.05, 4.69) is 44.0 Å². The molecule has 0 aromatic heterocycles. The van der Waals surface area contributed by atoms with Crippen molar-refractivity contribution in [2.75, 3.05) is 20.2 Å². The first-order valence-corrected chi connectivity index (χ1v) is 17.9. The van der Waals surface area contributed by atoms with Crippen LogP contribution in [0.25, 0.3) is 0 Å². The van der Waals surface area contributed by atoms with Gasteiger partial charge in [0.15, 0.2) is 0 Å². The van der Waals surface area contributed by atoms with Crippen LogP contribution in [-0.2, 0) is 14.3 Å². The molecule has 0 aromatic rings. The lowest BCUT2D eigenvalue weighted by Crippen LogP contribution is -2.46. The quantitative estimate of drug-likeness (QED) is 0.0586. The Labute approximate surface area is 259 Å². The van der Waals surface area contributed by atoms with E-state index in [0.717, 1.165) is 45.1 Å².